The predicted molar refractivity (Wildman–Crippen MR) is 37.9 cm³/mol. The minimum Gasteiger partial charge on any atom is -0.274 e. The molecule has 66 valence electrons. The fraction of sp³-hybridized carbons (Fsp3) is 0.800. The number of sulfonamides is 1. The Hall–Kier alpha value is -0.650. The number of hydrogen-bond donors (Lipinski definition) is 1. The molecule has 0 saturated carbocycles. The lowest BCUT2D eigenvalue weighted by molar-refractivity contribution is -0.122. The van der Waals surface area contributed by atoms with E-state index in [1.807, 2.05) is 0 Å². The second-order valence-electron chi connectivity index (χ2n) is 2.34. The van der Waals surface area contributed by atoms with Gasteiger partial charge in [-0.1, -0.05) is 13.8 Å². The molecule has 0 aliphatic carbocycles. The third-order valence-electron chi connectivity index (χ3n) is 0.924. The van der Waals surface area contributed by atoms with Crippen molar-refractivity contribution >= 4 is 15.9 Å². The van der Waals surface area contributed by atoms with E-state index < -0.39 is 27.9 Å². The molecule has 0 radical (unpaired) electrons. The van der Waals surface area contributed by atoms with Crippen molar-refractivity contribution in [2.75, 3.05) is 6.01 Å². The zero-order valence-electron chi connectivity index (χ0n) is 6.30. The summed E-state index contributed by atoms with van der Waals surface area (Å²) in [5, 5.41) is 0. The van der Waals surface area contributed by atoms with E-state index in [0.29, 0.717) is 0 Å². The van der Waals surface area contributed by atoms with Gasteiger partial charge in [-0.15, -0.1) is 0 Å². The molecule has 0 aromatic carbocycles. The van der Waals surface area contributed by atoms with E-state index in [1.54, 1.807) is 4.72 Å². The van der Waals surface area contributed by atoms with Gasteiger partial charge in [0, 0.05) is 5.92 Å². The summed E-state index contributed by atoms with van der Waals surface area (Å²) in [5.74, 6) is -1.15. The van der Waals surface area contributed by atoms with Crippen LogP contribution in [0.3, 0.4) is 0 Å². The van der Waals surface area contributed by atoms with Gasteiger partial charge in [-0.3, -0.25) is 9.52 Å². The predicted octanol–water partition coefficient (Wildman–Crippen LogP) is 0.0154. The molecule has 0 fully saturated rings. The van der Waals surface area contributed by atoms with Crippen LogP contribution in [0.4, 0.5) is 4.39 Å². The number of alkyl halides is 1. The van der Waals surface area contributed by atoms with E-state index in [9.17, 15) is 17.6 Å². The molecule has 0 spiro atoms. The number of rotatable bonds is 3. The second kappa shape index (κ2) is 3.66. The molecule has 0 unspecified atom stereocenters. The summed E-state index contributed by atoms with van der Waals surface area (Å²) in [6, 6.07) is -1.56. The third kappa shape index (κ3) is 3.92. The molecule has 6 heteroatoms. The second-order valence-corrected chi connectivity index (χ2v) is 4.00. The first kappa shape index (κ1) is 10.3. The largest absolute Gasteiger partial charge is 0.274 e. The Kier molecular flexibility index (Phi) is 3.44. The smallest absolute Gasteiger partial charge is 0.264 e. The third-order valence-corrected chi connectivity index (χ3v) is 1.72. The molecular formula is C5H10FNO3S. The first-order chi connectivity index (χ1) is 4.89. The quantitative estimate of drug-likeness (QED) is 0.670. The average molecular weight is 183 g/mol. The number of carbonyl (C=O) groups is 1. The normalized spacial score (nSPS) is 11.6. The molecule has 0 rings (SSSR count). The number of nitrogens with one attached hydrogen (secondary N) is 1. The molecule has 0 aliphatic heterocycles. The maximum atomic E-state index is 11.6. The number of amides is 1. The van der Waals surface area contributed by atoms with Gasteiger partial charge in [0.25, 0.3) is 10.0 Å². The first-order valence-electron chi connectivity index (χ1n) is 2.99. The van der Waals surface area contributed by atoms with E-state index in [0.717, 1.165) is 0 Å². The lowest BCUT2D eigenvalue weighted by atomic mass is 10.2. The molecule has 0 aromatic rings. The van der Waals surface area contributed by atoms with Crippen LogP contribution in [0.1, 0.15) is 13.8 Å². The van der Waals surface area contributed by atoms with Gasteiger partial charge in [-0.05, 0) is 0 Å². The highest BCUT2D eigenvalue weighted by Gasteiger charge is 2.15. The van der Waals surface area contributed by atoms with Crippen molar-refractivity contribution < 1.29 is 17.6 Å². The number of hydrogen-bond acceptors (Lipinski definition) is 3. The zero-order chi connectivity index (χ0) is 9.07. The van der Waals surface area contributed by atoms with Crippen molar-refractivity contribution in [1.29, 1.82) is 0 Å². The van der Waals surface area contributed by atoms with Crippen molar-refractivity contribution in [1.82, 2.24) is 4.72 Å². The molecule has 0 bridgehead atoms. The summed E-state index contributed by atoms with van der Waals surface area (Å²) in [4.78, 5) is 10.7. The van der Waals surface area contributed by atoms with Crippen LogP contribution >= 0.6 is 0 Å². The molecular weight excluding hydrogens is 173 g/mol. The van der Waals surface area contributed by atoms with Crippen LogP contribution in [0, 0.1) is 5.92 Å². The maximum Gasteiger partial charge on any atom is 0.264 e. The SMILES string of the molecule is CC(C)C(=O)NS(=O)(=O)CF. The summed E-state index contributed by atoms with van der Waals surface area (Å²) < 4.78 is 34.0. The van der Waals surface area contributed by atoms with Crippen LogP contribution in [0.15, 0.2) is 0 Å². The van der Waals surface area contributed by atoms with Crippen LogP contribution in [0.2, 0.25) is 0 Å². The Bertz CT molecular complexity index is 234. The standard InChI is InChI=1S/C5H10FNO3S/c1-4(2)5(8)7-11(9,10)3-6/h4H,3H2,1-2H3,(H,7,8). The molecule has 0 atom stereocenters. The van der Waals surface area contributed by atoms with E-state index in [2.05, 4.69) is 0 Å². The molecule has 0 aromatic heterocycles. The minimum atomic E-state index is -4.03. The van der Waals surface area contributed by atoms with Gasteiger partial charge in [-0.25, -0.2) is 12.8 Å². The van der Waals surface area contributed by atoms with Gasteiger partial charge in [-0.2, -0.15) is 0 Å². The van der Waals surface area contributed by atoms with E-state index >= 15 is 0 Å². The Morgan fingerprint density at radius 1 is 1.55 bits per heavy atom. The lowest BCUT2D eigenvalue weighted by Crippen LogP contribution is -2.34. The van der Waals surface area contributed by atoms with E-state index in [4.69, 9.17) is 0 Å². The summed E-state index contributed by atoms with van der Waals surface area (Å²) in [6.45, 7) is 3.03. The Balaban J connectivity index is 4.17. The van der Waals surface area contributed by atoms with Crippen molar-refractivity contribution in [3.63, 3.8) is 0 Å². The Morgan fingerprint density at radius 2 is 2.00 bits per heavy atom. The summed E-state index contributed by atoms with van der Waals surface area (Å²) >= 11 is 0. The van der Waals surface area contributed by atoms with Crippen molar-refractivity contribution in [3.8, 4) is 0 Å². The molecule has 1 N–H and O–H groups in total. The van der Waals surface area contributed by atoms with Crippen LogP contribution in [0.5, 0.6) is 0 Å². The lowest BCUT2D eigenvalue weighted by Gasteiger charge is -2.04. The molecule has 0 heterocycles. The maximum absolute atomic E-state index is 11.6. The fourth-order valence-electron chi connectivity index (χ4n) is 0.298. The number of carbonyl (C=O) groups excluding carboxylic acids is 1. The molecule has 0 aliphatic rings. The van der Waals surface area contributed by atoms with Gasteiger partial charge in [0.1, 0.15) is 0 Å². The van der Waals surface area contributed by atoms with Gasteiger partial charge >= 0.3 is 0 Å². The topological polar surface area (TPSA) is 63.2 Å². The molecule has 1 amide bonds. The van der Waals surface area contributed by atoms with Crippen molar-refractivity contribution in [2.24, 2.45) is 5.92 Å². The number of halogens is 1. The van der Waals surface area contributed by atoms with Crippen molar-refractivity contribution in [2.45, 2.75) is 13.8 Å². The Morgan fingerprint density at radius 3 is 2.27 bits per heavy atom. The van der Waals surface area contributed by atoms with Crippen molar-refractivity contribution in [3.05, 3.63) is 0 Å². The first-order valence-corrected chi connectivity index (χ1v) is 4.64. The van der Waals surface area contributed by atoms with Gasteiger partial charge < -0.3 is 0 Å². The van der Waals surface area contributed by atoms with Gasteiger partial charge in [0.05, 0.1) is 0 Å². The summed E-state index contributed by atoms with van der Waals surface area (Å²) in [7, 11) is -4.03. The highest BCUT2D eigenvalue weighted by Crippen LogP contribution is 1.93. The monoisotopic (exact) mass is 183 g/mol. The molecule has 0 saturated heterocycles. The molecule has 4 nitrogen and oxygen atoms in total. The molecule has 11 heavy (non-hydrogen) atoms. The minimum absolute atomic E-state index is 0.462. The van der Waals surface area contributed by atoms with Crippen LogP contribution in [0.25, 0.3) is 0 Å². The average Bonchev–Trinajstić information content (AvgIpc) is 1.87. The summed E-state index contributed by atoms with van der Waals surface area (Å²) in [6.07, 6.45) is 0. The van der Waals surface area contributed by atoms with Crippen LogP contribution in [-0.4, -0.2) is 20.3 Å². The zero-order valence-corrected chi connectivity index (χ0v) is 7.11. The van der Waals surface area contributed by atoms with Gasteiger partial charge in [0.15, 0.2) is 0 Å². The van der Waals surface area contributed by atoms with Crippen LogP contribution in [-0.2, 0) is 14.8 Å². The summed E-state index contributed by atoms with van der Waals surface area (Å²) in [5.41, 5.74) is 0. The van der Waals surface area contributed by atoms with Crippen LogP contribution < -0.4 is 4.72 Å². The van der Waals surface area contributed by atoms with Gasteiger partial charge in [0.2, 0.25) is 11.9 Å². The highest BCUT2D eigenvalue weighted by atomic mass is 32.2. The Labute approximate surface area is 64.8 Å². The van der Waals surface area contributed by atoms with E-state index in [1.165, 1.54) is 13.8 Å². The fourth-order valence-corrected chi connectivity index (χ4v) is 0.895. The van der Waals surface area contributed by atoms with E-state index in [-0.39, 0.29) is 0 Å². The highest BCUT2D eigenvalue weighted by molar-refractivity contribution is 7.89.